The monoisotopic (exact) mass is 416 g/mol. The summed E-state index contributed by atoms with van der Waals surface area (Å²) in [6.07, 6.45) is 1.88. The fourth-order valence-electron chi connectivity index (χ4n) is 3.97. The Bertz CT molecular complexity index is 1220. The number of nitrogens with zero attached hydrogens (tertiary/aromatic N) is 3. The van der Waals surface area contributed by atoms with Gasteiger partial charge in [0.25, 0.3) is 0 Å². The van der Waals surface area contributed by atoms with Crippen molar-refractivity contribution in [3.63, 3.8) is 0 Å². The highest BCUT2D eigenvalue weighted by Gasteiger charge is 2.32. The van der Waals surface area contributed by atoms with Crippen LogP contribution < -0.4 is 14.4 Å². The minimum atomic E-state index is 0.0166. The third-order valence-corrected chi connectivity index (χ3v) is 5.48. The van der Waals surface area contributed by atoms with Crippen molar-refractivity contribution in [3.05, 3.63) is 60.3 Å². The summed E-state index contributed by atoms with van der Waals surface area (Å²) in [5.41, 5.74) is 4.75. The van der Waals surface area contributed by atoms with E-state index < -0.39 is 0 Å². The van der Waals surface area contributed by atoms with Crippen LogP contribution in [0.2, 0.25) is 0 Å². The maximum Gasteiger partial charge on any atom is 0.154 e. The van der Waals surface area contributed by atoms with Crippen molar-refractivity contribution in [2.45, 2.75) is 13.0 Å². The van der Waals surface area contributed by atoms with Gasteiger partial charge < -0.3 is 24.1 Å². The smallest absolute Gasteiger partial charge is 0.154 e. The number of imidazole rings is 1. The lowest BCUT2D eigenvalue weighted by molar-refractivity contribution is 0.146. The number of fused-ring (bicyclic) bond motifs is 2. The predicted octanol–water partition coefficient (Wildman–Crippen LogP) is 4.49. The molecule has 0 saturated carbocycles. The zero-order valence-electron chi connectivity index (χ0n) is 17.8. The van der Waals surface area contributed by atoms with E-state index in [-0.39, 0.29) is 6.04 Å². The second kappa shape index (κ2) is 7.92. The molecule has 2 aromatic heterocycles. The Kier molecular flexibility index (Phi) is 4.95. The summed E-state index contributed by atoms with van der Waals surface area (Å²) < 4.78 is 17.1. The van der Waals surface area contributed by atoms with E-state index >= 15 is 0 Å². The molecular formula is C24H24N4O3. The van der Waals surface area contributed by atoms with Crippen LogP contribution in [0.4, 0.5) is 11.5 Å². The normalized spacial score (nSPS) is 15.6. The number of aromatic amines is 1. The number of para-hydroxylation sites is 1. The van der Waals surface area contributed by atoms with Gasteiger partial charge in [-0.1, -0.05) is 12.1 Å². The molecule has 3 heterocycles. The Morgan fingerprint density at radius 2 is 2.06 bits per heavy atom. The van der Waals surface area contributed by atoms with E-state index in [1.54, 1.807) is 14.2 Å². The molecule has 0 saturated heterocycles. The molecule has 1 atom stereocenters. The van der Waals surface area contributed by atoms with Crippen LogP contribution in [0.1, 0.15) is 5.56 Å². The van der Waals surface area contributed by atoms with Crippen LogP contribution in [0.5, 0.6) is 11.5 Å². The number of nitrogens with one attached hydrogen (secondary N) is 1. The Labute approximate surface area is 180 Å². The van der Waals surface area contributed by atoms with E-state index in [1.165, 1.54) is 0 Å². The summed E-state index contributed by atoms with van der Waals surface area (Å²) in [4.78, 5) is 15.0. The van der Waals surface area contributed by atoms with Gasteiger partial charge in [0.2, 0.25) is 0 Å². The first-order chi connectivity index (χ1) is 15.2. The van der Waals surface area contributed by atoms with Crippen molar-refractivity contribution in [1.29, 1.82) is 0 Å². The number of anilines is 2. The Balaban J connectivity index is 1.62. The number of aromatic nitrogens is 3. The molecule has 1 aliphatic rings. The highest BCUT2D eigenvalue weighted by atomic mass is 16.5. The number of methoxy groups -OCH3 is 2. The molecule has 0 aliphatic carbocycles. The van der Waals surface area contributed by atoms with Crippen molar-refractivity contribution >= 4 is 22.5 Å². The summed E-state index contributed by atoms with van der Waals surface area (Å²) in [5.74, 6) is 3.18. The minimum Gasteiger partial charge on any atom is -0.497 e. The lowest BCUT2D eigenvalue weighted by Gasteiger charge is -2.38. The summed E-state index contributed by atoms with van der Waals surface area (Å²) in [7, 11) is 3.36. The zero-order chi connectivity index (χ0) is 21.4. The number of hydrogen-bond donors (Lipinski definition) is 1. The number of benzene rings is 2. The molecule has 0 amide bonds. The lowest BCUT2D eigenvalue weighted by atomic mass is 10.1. The fourth-order valence-corrected chi connectivity index (χ4v) is 3.97. The van der Waals surface area contributed by atoms with Gasteiger partial charge in [-0.15, -0.1) is 0 Å². The van der Waals surface area contributed by atoms with Crippen LogP contribution in [0.3, 0.4) is 0 Å². The molecule has 5 rings (SSSR count). The van der Waals surface area contributed by atoms with Gasteiger partial charge in [-0.25, -0.2) is 9.97 Å². The number of ether oxygens (including phenoxy) is 3. The average Bonchev–Trinajstić information content (AvgIpc) is 3.22. The number of hydrogen-bond acceptors (Lipinski definition) is 6. The largest absolute Gasteiger partial charge is 0.497 e. The quantitative estimate of drug-likeness (QED) is 0.517. The highest BCUT2D eigenvalue weighted by Crippen LogP contribution is 2.44. The standard InChI is InChI=1S/C24H24N4O3/c1-15-7-10-22(25-12-15)28-16(13-29-2)14-31-23-18(5-4-6-21(23)28)24-26-19-9-8-17(30-3)11-20(19)27-24/h4-12,16H,13-14H2,1-3H3,(H,26,27)/t16-/m0/s1. The first-order valence-electron chi connectivity index (χ1n) is 10.2. The molecule has 7 nitrogen and oxygen atoms in total. The van der Waals surface area contributed by atoms with E-state index in [4.69, 9.17) is 19.2 Å². The number of H-pyrrole nitrogens is 1. The van der Waals surface area contributed by atoms with E-state index in [9.17, 15) is 0 Å². The van der Waals surface area contributed by atoms with Crippen LogP contribution in [-0.4, -0.2) is 48.4 Å². The lowest BCUT2D eigenvalue weighted by Crippen LogP contribution is -2.43. The van der Waals surface area contributed by atoms with Gasteiger partial charge >= 0.3 is 0 Å². The molecule has 0 radical (unpaired) electrons. The van der Waals surface area contributed by atoms with Gasteiger partial charge in [0.1, 0.15) is 24.0 Å². The first kappa shape index (κ1) is 19.4. The van der Waals surface area contributed by atoms with Crippen molar-refractivity contribution in [3.8, 4) is 22.9 Å². The van der Waals surface area contributed by atoms with Gasteiger partial charge in [-0.2, -0.15) is 0 Å². The number of pyridine rings is 1. The Hall–Kier alpha value is -3.58. The molecule has 31 heavy (non-hydrogen) atoms. The molecule has 0 spiro atoms. The molecular weight excluding hydrogens is 392 g/mol. The average molecular weight is 416 g/mol. The maximum absolute atomic E-state index is 6.26. The van der Waals surface area contributed by atoms with Gasteiger partial charge in [0.15, 0.2) is 5.75 Å². The summed E-state index contributed by atoms with van der Waals surface area (Å²) in [5, 5.41) is 0. The second-order valence-corrected chi connectivity index (χ2v) is 7.61. The summed E-state index contributed by atoms with van der Waals surface area (Å²) >= 11 is 0. The first-order valence-corrected chi connectivity index (χ1v) is 10.2. The van der Waals surface area contributed by atoms with E-state index in [0.29, 0.717) is 13.2 Å². The SMILES string of the molecule is COC[C@H]1COc2c(-c3nc4ccc(OC)cc4[nH]3)cccc2N1c1ccc(C)cn1. The molecule has 1 aliphatic heterocycles. The third-order valence-electron chi connectivity index (χ3n) is 5.48. The topological polar surface area (TPSA) is 72.5 Å². The second-order valence-electron chi connectivity index (χ2n) is 7.61. The van der Waals surface area contributed by atoms with Crippen LogP contribution in [0.25, 0.3) is 22.4 Å². The minimum absolute atomic E-state index is 0.0166. The van der Waals surface area contributed by atoms with Crippen molar-refractivity contribution in [2.75, 3.05) is 32.3 Å². The Morgan fingerprint density at radius 1 is 1.16 bits per heavy atom. The number of rotatable bonds is 5. The third kappa shape index (κ3) is 3.47. The zero-order valence-corrected chi connectivity index (χ0v) is 17.8. The van der Waals surface area contributed by atoms with Crippen molar-refractivity contribution < 1.29 is 14.2 Å². The van der Waals surface area contributed by atoms with Crippen LogP contribution in [-0.2, 0) is 4.74 Å². The summed E-state index contributed by atoms with van der Waals surface area (Å²) in [6.45, 7) is 3.05. The van der Waals surface area contributed by atoms with E-state index in [2.05, 4.69) is 20.9 Å². The van der Waals surface area contributed by atoms with Crippen LogP contribution in [0, 0.1) is 6.92 Å². The van der Waals surface area contributed by atoms with Gasteiger partial charge in [-0.05, 0) is 42.8 Å². The molecule has 1 N–H and O–H groups in total. The molecule has 158 valence electrons. The molecule has 0 bridgehead atoms. The highest BCUT2D eigenvalue weighted by molar-refractivity contribution is 5.85. The van der Waals surface area contributed by atoms with E-state index in [1.807, 2.05) is 55.6 Å². The molecule has 0 fully saturated rings. The van der Waals surface area contributed by atoms with Crippen LogP contribution in [0.15, 0.2) is 54.7 Å². The van der Waals surface area contributed by atoms with Crippen molar-refractivity contribution in [2.24, 2.45) is 0 Å². The molecule has 0 unspecified atom stereocenters. The van der Waals surface area contributed by atoms with Gasteiger partial charge in [-0.3, -0.25) is 0 Å². The maximum atomic E-state index is 6.26. The van der Waals surface area contributed by atoms with Gasteiger partial charge in [0, 0.05) is 19.4 Å². The van der Waals surface area contributed by atoms with Crippen LogP contribution >= 0.6 is 0 Å². The molecule has 7 heteroatoms. The summed E-state index contributed by atoms with van der Waals surface area (Å²) in [6, 6.07) is 16.0. The molecule has 4 aromatic rings. The predicted molar refractivity (Wildman–Crippen MR) is 120 cm³/mol. The van der Waals surface area contributed by atoms with Crippen molar-refractivity contribution in [1.82, 2.24) is 15.0 Å². The molecule has 2 aromatic carbocycles. The number of aryl methyl sites for hydroxylation is 1. The van der Waals surface area contributed by atoms with Gasteiger partial charge in [0.05, 0.1) is 42.0 Å². The van der Waals surface area contributed by atoms with E-state index in [0.717, 1.165) is 51.0 Å². The Morgan fingerprint density at radius 3 is 2.84 bits per heavy atom. The fraction of sp³-hybridized carbons (Fsp3) is 0.250.